The van der Waals surface area contributed by atoms with Gasteiger partial charge in [-0.2, -0.15) is 0 Å². The first kappa shape index (κ1) is 16.2. The predicted molar refractivity (Wildman–Crippen MR) is 97.4 cm³/mol. The lowest BCUT2D eigenvalue weighted by atomic mass is 10.2. The maximum absolute atomic E-state index is 12.6. The Morgan fingerprint density at radius 2 is 1.75 bits per heavy atom. The Balaban J connectivity index is 1.79. The summed E-state index contributed by atoms with van der Waals surface area (Å²) in [5.41, 5.74) is 1.67. The van der Waals surface area contributed by atoms with Crippen molar-refractivity contribution in [1.82, 2.24) is 10.2 Å². The quantitative estimate of drug-likeness (QED) is 0.675. The summed E-state index contributed by atoms with van der Waals surface area (Å²) in [4.78, 5) is 19.2. The fraction of sp³-hybridized carbons (Fsp3) is 0.263. The molecular weight excluding hydrogens is 300 g/mol. The summed E-state index contributed by atoms with van der Waals surface area (Å²) >= 11 is 0. The number of likely N-dealkylation sites (N-methyl/N-ethyl adjacent to an activating group) is 1. The van der Waals surface area contributed by atoms with E-state index in [0.29, 0.717) is 5.96 Å². The third kappa shape index (κ3) is 4.20. The van der Waals surface area contributed by atoms with Crippen LogP contribution in [0.3, 0.4) is 0 Å². The Kier molecular flexibility index (Phi) is 5.23. The van der Waals surface area contributed by atoms with Crippen molar-refractivity contribution in [2.45, 2.75) is 18.9 Å². The van der Waals surface area contributed by atoms with Gasteiger partial charge in [0.1, 0.15) is 0 Å². The lowest BCUT2D eigenvalue weighted by molar-refractivity contribution is -0.123. The van der Waals surface area contributed by atoms with Crippen LogP contribution >= 0.6 is 0 Å². The molecule has 1 heterocycles. The summed E-state index contributed by atoms with van der Waals surface area (Å²) in [5, 5.41) is 6.14. The Morgan fingerprint density at radius 3 is 2.38 bits per heavy atom. The van der Waals surface area contributed by atoms with E-state index in [2.05, 4.69) is 20.5 Å². The molecule has 2 aromatic carbocycles. The summed E-state index contributed by atoms with van der Waals surface area (Å²) in [6.45, 7) is 0.954. The highest BCUT2D eigenvalue weighted by Gasteiger charge is 2.28. The minimum absolute atomic E-state index is 0.0203. The van der Waals surface area contributed by atoms with E-state index in [4.69, 9.17) is 0 Å². The summed E-state index contributed by atoms with van der Waals surface area (Å²) in [6.07, 6.45) is 1.93. The Hall–Kier alpha value is -2.66. The minimum Gasteiger partial charge on any atom is -0.326 e. The van der Waals surface area contributed by atoms with E-state index in [0.717, 1.165) is 30.8 Å². The number of hydrogen-bond acceptors (Lipinski definition) is 3. The van der Waals surface area contributed by atoms with E-state index >= 15 is 0 Å². The fourth-order valence-corrected chi connectivity index (χ4v) is 2.82. The molecule has 2 N–H and O–H groups in total. The number of aliphatic imine (C=N–C) groups is 1. The molecule has 0 radical (unpaired) electrons. The maximum Gasteiger partial charge on any atom is 0.244 e. The highest BCUT2D eigenvalue weighted by molar-refractivity contribution is 6.06. The van der Waals surface area contributed by atoms with Crippen LogP contribution in [0.1, 0.15) is 12.8 Å². The van der Waals surface area contributed by atoms with Gasteiger partial charge in [0.25, 0.3) is 0 Å². The van der Waals surface area contributed by atoms with E-state index in [1.54, 1.807) is 0 Å². The number of rotatable bonds is 3. The number of carbonyl (C=O) groups excluding carboxylic acids is 1. The highest BCUT2D eigenvalue weighted by atomic mass is 16.2. The van der Waals surface area contributed by atoms with Crippen molar-refractivity contribution in [3.63, 3.8) is 0 Å². The lowest BCUT2D eigenvalue weighted by Gasteiger charge is -2.20. The molecule has 0 unspecified atom stereocenters. The van der Waals surface area contributed by atoms with Crippen molar-refractivity contribution in [3.05, 3.63) is 60.7 Å². The molecular formula is C19H22N4O. The third-order valence-corrected chi connectivity index (χ3v) is 4.10. The first-order valence-electron chi connectivity index (χ1n) is 8.19. The average Bonchev–Trinajstić information content (AvgIpc) is 3.03. The Labute approximate surface area is 142 Å². The van der Waals surface area contributed by atoms with E-state index in [1.807, 2.05) is 67.7 Å². The number of likely N-dealkylation sites (tertiary alicyclic amines) is 1. The molecule has 124 valence electrons. The van der Waals surface area contributed by atoms with Crippen molar-refractivity contribution in [2.75, 3.05) is 18.9 Å². The van der Waals surface area contributed by atoms with Gasteiger partial charge >= 0.3 is 0 Å². The molecule has 0 spiro atoms. The molecule has 0 saturated carbocycles. The number of amides is 1. The number of hydrogen-bond donors (Lipinski definition) is 2. The second-order valence-corrected chi connectivity index (χ2v) is 5.91. The van der Waals surface area contributed by atoms with Gasteiger partial charge in [0.15, 0.2) is 0 Å². The first-order valence-corrected chi connectivity index (χ1v) is 8.19. The maximum atomic E-state index is 12.6. The number of guanidine groups is 1. The van der Waals surface area contributed by atoms with Crippen molar-refractivity contribution in [2.24, 2.45) is 4.99 Å². The summed E-state index contributed by atoms with van der Waals surface area (Å²) in [5.74, 6) is 0.422. The van der Waals surface area contributed by atoms with E-state index in [1.165, 1.54) is 0 Å². The molecule has 1 amide bonds. The van der Waals surface area contributed by atoms with Crippen LogP contribution in [-0.4, -0.2) is 36.4 Å². The van der Waals surface area contributed by atoms with Crippen LogP contribution in [0, 0.1) is 0 Å². The van der Waals surface area contributed by atoms with Gasteiger partial charge in [-0.25, -0.2) is 4.99 Å². The van der Waals surface area contributed by atoms with Crippen LogP contribution in [-0.2, 0) is 4.79 Å². The summed E-state index contributed by atoms with van der Waals surface area (Å²) in [6, 6.07) is 19.2. The molecule has 24 heavy (non-hydrogen) atoms. The van der Waals surface area contributed by atoms with Crippen LogP contribution in [0.25, 0.3) is 0 Å². The molecule has 0 aromatic heterocycles. The van der Waals surface area contributed by atoms with Gasteiger partial charge in [-0.15, -0.1) is 0 Å². The third-order valence-electron chi connectivity index (χ3n) is 4.10. The van der Waals surface area contributed by atoms with Gasteiger partial charge in [0.2, 0.25) is 11.9 Å². The molecule has 1 fully saturated rings. The van der Waals surface area contributed by atoms with Crippen molar-refractivity contribution in [1.29, 1.82) is 0 Å². The standard InChI is InChI=1S/C19H22N4O/c1-23-14-8-13-17(23)18(24)22-19(20-15-9-4-2-5-10-15)21-16-11-6-3-7-12-16/h2-7,9-12,17H,8,13-14H2,1H3,(H2,20,21,22,24)/t17-/m0/s1. The zero-order valence-electron chi connectivity index (χ0n) is 13.8. The predicted octanol–water partition coefficient (Wildman–Crippen LogP) is 3.00. The van der Waals surface area contributed by atoms with E-state index in [-0.39, 0.29) is 11.9 Å². The molecule has 5 nitrogen and oxygen atoms in total. The summed E-state index contributed by atoms with van der Waals surface area (Å²) in [7, 11) is 1.98. The second-order valence-electron chi connectivity index (χ2n) is 5.91. The van der Waals surface area contributed by atoms with Crippen LogP contribution in [0.15, 0.2) is 65.7 Å². The van der Waals surface area contributed by atoms with Crippen LogP contribution < -0.4 is 10.6 Å². The summed E-state index contributed by atoms with van der Waals surface area (Å²) < 4.78 is 0. The fourth-order valence-electron chi connectivity index (χ4n) is 2.82. The van der Waals surface area contributed by atoms with Gasteiger partial charge < -0.3 is 5.32 Å². The topological polar surface area (TPSA) is 56.7 Å². The van der Waals surface area contributed by atoms with Gasteiger partial charge in [-0.1, -0.05) is 36.4 Å². The molecule has 1 atom stereocenters. The highest BCUT2D eigenvalue weighted by Crippen LogP contribution is 2.16. The minimum atomic E-state index is -0.0939. The van der Waals surface area contributed by atoms with Gasteiger partial charge in [0.05, 0.1) is 11.7 Å². The molecule has 0 bridgehead atoms. The zero-order chi connectivity index (χ0) is 16.8. The molecule has 2 aromatic rings. The average molecular weight is 322 g/mol. The molecule has 5 heteroatoms. The van der Waals surface area contributed by atoms with Crippen molar-refractivity contribution >= 4 is 23.2 Å². The van der Waals surface area contributed by atoms with Crippen molar-refractivity contribution < 1.29 is 4.79 Å². The monoisotopic (exact) mass is 322 g/mol. The smallest absolute Gasteiger partial charge is 0.244 e. The zero-order valence-corrected chi connectivity index (χ0v) is 13.8. The number of anilines is 1. The normalized spacial score (nSPS) is 18.4. The SMILES string of the molecule is CN1CCC[C@H]1C(=O)NC(=Nc1ccccc1)Nc1ccccc1. The van der Waals surface area contributed by atoms with E-state index in [9.17, 15) is 4.79 Å². The van der Waals surface area contributed by atoms with Gasteiger partial charge in [0, 0.05) is 5.69 Å². The van der Waals surface area contributed by atoms with Crippen LogP contribution in [0.5, 0.6) is 0 Å². The van der Waals surface area contributed by atoms with Crippen LogP contribution in [0.2, 0.25) is 0 Å². The Morgan fingerprint density at radius 1 is 1.08 bits per heavy atom. The largest absolute Gasteiger partial charge is 0.326 e. The molecule has 0 aliphatic carbocycles. The molecule has 1 aliphatic rings. The number of carbonyl (C=O) groups is 1. The first-order chi connectivity index (χ1) is 11.7. The molecule has 3 rings (SSSR count). The number of para-hydroxylation sites is 2. The number of nitrogens with one attached hydrogen (secondary N) is 2. The Bertz CT molecular complexity index is 700. The van der Waals surface area contributed by atoms with Gasteiger partial charge in [-0.05, 0) is 50.7 Å². The number of nitrogens with zero attached hydrogens (tertiary/aromatic N) is 2. The van der Waals surface area contributed by atoms with Crippen LogP contribution in [0.4, 0.5) is 11.4 Å². The lowest BCUT2D eigenvalue weighted by Crippen LogP contribution is -2.46. The molecule has 1 aliphatic heterocycles. The van der Waals surface area contributed by atoms with E-state index < -0.39 is 0 Å². The molecule has 1 saturated heterocycles. The van der Waals surface area contributed by atoms with Crippen molar-refractivity contribution in [3.8, 4) is 0 Å². The second kappa shape index (κ2) is 7.75. The number of benzene rings is 2. The van der Waals surface area contributed by atoms with Gasteiger partial charge in [-0.3, -0.25) is 15.0 Å².